The Morgan fingerprint density at radius 2 is 2.08 bits per heavy atom. The zero-order valence-electron chi connectivity index (χ0n) is 13.2. The van der Waals surface area contributed by atoms with Crippen LogP contribution in [0.3, 0.4) is 0 Å². The maximum atomic E-state index is 5.48. The number of anilines is 2. The highest BCUT2D eigenvalue weighted by Gasteiger charge is 2.15. The van der Waals surface area contributed by atoms with Gasteiger partial charge in [0.2, 0.25) is 5.58 Å². The summed E-state index contributed by atoms with van der Waals surface area (Å²) in [6, 6.07) is 13.8. The smallest absolute Gasteiger partial charge is 0.208 e. The molecule has 0 aliphatic rings. The van der Waals surface area contributed by atoms with Gasteiger partial charge in [-0.3, -0.25) is 0 Å². The second-order valence-electron chi connectivity index (χ2n) is 5.34. The van der Waals surface area contributed by atoms with E-state index in [0.29, 0.717) is 5.58 Å². The second-order valence-corrected chi connectivity index (χ2v) is 6.28. The normalized spacial score (nSPS) is 10.9. The summed E-state index contributed by atoms with van der Waals surface area (Å²) in [4.78, 5) is 5.81. The number of rotatable bonds is 4. The van der Waals surface area contributed by atoms with E-state index in [-0.39, 0.29) is 0 Å². The third-order valence-corrected chi connectivity index (χ3v) is 4.60. The van der Waals surface area contributed by atoms with Crippen LogP contribution in [0, 0.1) is 6.92 Å². The maximum Gasteiger partial charge on any atom is 0.208 e. The van der Waals surface area contributed by atoms with Crippen molar-refractivity contribution in [3.8, 4) is 16.3 Å². The molecule has 1 N–H and O–H groups in total. The van der Waals surface area contributed by atoms with E-state index in [2.05, 4.69) is 16.5 Å². The number of fused-ring (bicyclic) bond motifs is 1. The highest BCUT2D eigenvalue weighted by molar-refractivity contribution is 7.13. The molecule has 0 saturated heterocycles. The molecule has 0 unspecified atom stereocenters. The van der Waals surface area contributed by atoms with Gasteiger partial charge in [-0.05, 0) is 36.6 Å². The molecule has 1 aromatic carbocycles. The van der Waals surface area contributed by atoms with Crippen LogP contribution in [-0.2, 0) is 0 Å². The van der Waals surface area contributed by atoms with Gasteiger partial charge in [0.15, 0.2) is 0 Å². The van der Waals surface area contributed by atoms with Gasteiger partial charge in [0.25, 0.3) is 0 Å². The molecule has 0 saturated carbocycles. The molecule has 4 rings (SSSR count). The Labute approximate surface area is 142 Å². The van der Waals surface area contributed by atoms with Gasteiger partial charge in [-0.15, -0.1) is 11.3 Å². The number of aromatic nitrogens is 2. The molecule has 120 valence electrons. The van der Waals surface area contributed by atoms with Gasteiger partial charge in [0.05, 0.1) is 23.4 Å². The summed E-state index contributed by atoms with van der Waals surface area (Å²) in [6.07, 6.45) is 0. The Morgan fingerprint density at radius 3 is 2.88 bits per heavy atom. The third kappa shape index (κ3) is 2.61. The van der Waals surface area contributed by atoms with Crippen molar-refractivity contribution in [3.05, 3.63) is 53.5 Å². The molecule has 24 heavy (non-hydrogen) atoms. The Kier molecular flexibility index (Phi) is 3.66. The van der Waals surface area contributed by atoms with Crippen LogP contribution in [0.15, 0.2) is 52.4 Å². The minimum atomic E-state index is 0.649. The van der Waals surface area contributed by atoms with E-state index in [1.807, 2.05) is 48.7 Å². The lowest BCUT2D eigenvalue weighted by molar-refractivity contribution is 0.415. The molecule has 4 aromatic rings. The summed E-state index contributed by atoms with van der Waals surface area (Å²) < 4.78 is 10.8. The fourth-order valence-corrected chi connectivity index (χ4v) is 3.21. The predicted molar refractivity (Wildman–Crippen MR) is 96.1 cm³/mol. The number of thiophene rings is 1. The fourth-order valence-electron chi connectivity index (χ4n) is 2.53. The van der Waals surface area contributed by atoms with Crippen LogP contribution in [0.1, 0.15) is 5.69 Å². The average Bonchev–Trinajstić information content (AvgIpc) is 3.26. The molecular formula is C18H15N3O2S. The van der Waals surface area contributed by atoms with E-state index >= 15 is 0 Å². The molecule has 6 heteroatoms. The molecular weight excluding hydrogens is 322 g/mol. The topological polar surface area (TPSA) is 60.2 Å². The lowest BCUT2D eigenvalue weighted by atomic mass is 10.2. The van der Waals surface area contributed by atoms with Crippen molar-refractivity contribution in [2.75, 3.05) is 12.4 Å². The van der Waals surface area contributed by atoms with E-state index in [1.165, 1.54) is 0 Å². The molecule has 0 atom stereocenters. The van der Waals surface area contributed by atoms with Gasteiger partial charge < -0.3 is 14.6 Å². The summed E-state index contributed by atoms with van der Waals surface area (Å²) in [6.45, 7) is 1.90. The molecule has 0 bridgehead atoms. The van der Waals surface area contributed by atoms with E-state index in [0.717, 1.165) is 38.9 Å². The van der Waals surface area contributed by atoms with Gasteiger partial charge in [-0.2, -0.15) is 0 Å². The third-order valence-electron chi connectivity index (χ3n) is 3.71. The first kappa shape index (κ1) is 14.7. The van der Waals surface area contributed by atoms with Crippen LogP contribution in [-0.4, -0.2) is 17.3 Å². The molecule has 3 aromatic heterocycles. The van der Waals surface area contributed by atoms with Crippen molar-refractivity contribution in [3.63, 3.8) is 0 Å². The summed E-state index contributed by atoms with van der Waals surface area (Å²) >= 11 is 1.65. The second kappa shape index (κ2) is 5.98. The zero-order chi connectivity index (χ0) is 16.5. The monoisotopic (exact) mass is 337 g/mol. The molecule has 0 aliphatic heterocycles. The molecule has 5 nitrogen and oxygen atoms in total. The Balaban J connectivity index is 1.84. The number of nitrogens with zero attached hydrogens (tertiary/aromatic N) is 2. The Morgan fingerprint density at radius 1 is 1.17 bits per heavy atom. The molecule has 3 heterocycles. The van der Waals surface area contributed by atoms with E-state index < -0.39 is 0 Å². The first-order chi connectivity index (χ1) is 11.7. The standard InChI is InChI=1S/C18H15N3O2S/c1-11-17-18(23-21-11)15(10-14(20-17)16-7-4-8-24-16)19-12-5-3-6-13(9-12)22-2/h3-10H,1-2H3,(H,19,20). The fraction of sp³-hybridized carbons (Fsp3) is 0.111. The number of methoxy groups -OCH3 is 1. The minimum absolute atomic E-state index is 0.649. The first-order valence-corrected chi connectivity index (χ1v) is 8.34. The van der Waals surface area contributed by atoms with Crippen LogP contribution in [0.2, 0.25) is 0 Å². The number of hydrogen-bond acceptors (Lipinski definition) is 6. The van der Waals surface area contributed by atoms with Crippen LogP contribution < -0.4 is 10.1 Å². The number of aryl methyl sites for hydroxylation is 1. The number of nitrogens with one attached hydrogen (secondary N) is 1. The van der Waals surface area contributed by atoms with Crippen molar-refractivity contribution in [2.24, 2.45) is 0 Å². The number of hydrogen-bond donors (Lipinski definition) is 1. The highest BCUT2D eigenvalue weighted by atomic mass is 32.1. The van der Waals surface area contributed by atoms with Crippen molar-refractivity contribution in [2.45, 2.75) is 6.92 Å². The summed E-state index contributed by atoms with van der Waals surface area (Å²) in [5.74, 6) is 0.789. The van der Waals surface area contributed by atoms with Crippen molar-refractivity contribution in [1.29, 1.82) is 0 Å². The Hall–Kier alpha value is -2.86. The van der Waals surface area contributed by atoms with Crippen molar-refractivity contribution >= 4 is 33.8 Å². The lowest BCUT2D eigenvalue weighted by Gasteiger charge is -2.09. The van der Waals surface area contributed by atoms with Gasteiger partial charge in [-0.25, -0.2) is 4.98 Å². The van der Waals surface area contributed by atoms with Gasteiger partial charge in [-0.1, -0.05) is 17.3 Å². The van der Waals surface area contributed by atoms with Gasteiger partial charge >= 0.3 is 0 Å². The molecule has 0 amide bonds. The quantitative estimate of drug-likeness (QED) is 0.567. The number of ether oxygens (including phenoxy) is 1. The number of benzene rings is 1. The zero-order valence-corrected chi connectivity index (χ0v) is 14.1. The van der Waals surface area contributed by atoms with E-state index in [1.54, 1.807) is 18.4 Å². The van der Waals surface area contributed by atoms with Crippen LogP contribution in [0.4, 0.5) is 11.4 Å². The highest BCUT2D eigenvalue weighted by Crippen LogP contribution is 2.33. The summed E-state index contributed by atoms with van der Waals surface area (Å²) in [7, 11) is 1.65. The first-order valence-electron chi connectivity index (χ1n) is 7.46. The van der Waals surface area contributed by atoms with Crippen molar-refractivity contribution in [1.82, 2.24) is 10.1 Å². The maximum absolute atomic E-state index is 5.48. The van der Waals surface area contributed by atoms with Crippen LogP contribution in [0.5, 0.6) is 5.75 Å². The SMILES string of the molecule is COc1cccc(Nc2cc(-c3cccs3)nc3c(C)noc23)c1. The largest absolute Gasteiger partial charge is 0.497 e. The van der Waals surface area contributed by atoms with Crippen molar-refractivity contribution < 1.29 is 9.26 Å². The predicted octanol–water partition coefficient (Wildman–Crippen LogP) is 5.01. The Bertz CT molecular complexity index is 993. The van der Waals surface area contributed by atoms with Gasteiger partial charge in [0, 0.05) is 11.8 Å². The summed E-state index contributed by atoms with van der Waals surface area (Å²) in [5.41, 5.74) is 4.83. The molecule has 0 radical (unpaired) electrons. The molecule has 0 aliphatic carbocycles. The van der Waals surface area contributed by atoms with Crippen LogP contribution in [0.25, 0.3) is 21.7 Å². The van der Waals surface area contributed by atoms with Crippen LogP contribution >= 0.6 is 11.3 Å². The number of pyridine rings is 1. The average molecular weight is 337 g/mol. The molecule has 0 spiro atoms. The summed E-state index contributed by atoms with van der Waals surface area (Å²) in [5, 5.41) is 9.48. The van der Waals surface area contributed by atoms with E-state index in [4.69, 9.17) is 14.2 Å². The van der Waals surface area contributed by atoms with E-state index in [9.17, 15) is 0 Å². The van der Waals surface area contributed by atoms with Gasteiger partial charge in [0.1, 0.15) is 17.0 Å². The molecule has 0 fully saturated rings. The minimum Gasteiger partial charge on any atom is -0.497 e. The lowest BCUT2D eigenvalue weighted by Crippen LogP contribution is -1.94.